The molecule has 0 aliphatic heterocycles. The number of rotatable bonds is 10. The molecule has 0 heterocycles. The summed E-state index contributed by atoms with van der Waals surface area (Å²) in [5, 5.41) is 12.2. The van der Waals surface area contributed by atoms with Gasteiger partial charge in [-0.05, 0) is 38.6 Å². The normalized spacial score (nSPS) is 11.1. The van der Waals surface area contributed by atoms with E-state index < -0.39 is 0 Å². The third kappa shape index (κ3) is 8.52. The van der Waals surface area contributed by atoms with Gasteiger partial charge >= 0.3 is 0 Å². The summed E-state index contributed by atoms with van der Waals surface area (Å²) in [6.07, 6.45) is 8.44. The van der Waals surface area contributed by atoms with Gasteiger partial charge in [-0.15, -0.1) is 0 Å². The van der Waals surface area contributed by atoms with E-state index in [1.165, 1.54) is 32.1 Å². The zero-order chi connectivity index (χ0) is 10.6. The third-order valence-corrected chi connectivity index (χ3v) is 2.54. The van der Waals surface area contributed by atoms with Crippen LogP contribution in [0.15, 0.2) is 0 Å². The Morgan fingerprint density at radius 2 is 1.64 bits per heavy atom. The van der Waals surface area contributed by atoms with Gasteiger partial charge in [0.05, 0.1) is 0 Å². The molecule has 14 heavy (non-hydrogen) atoms. The monoisotopic (exact) mass is 201 g/mol. The standard InChI is InChI=1S/C12H27NO/c1-3-8-12(9-4-2)13-10-6-5-7-11-14/h12-14H,3-11H2,1-2H3. The van der Waals surface area contributed by atoms with Crippen molar-refractivity contribution in [3.8, 4) is 0 Å². The van der Waals surface area contributed by atoms with Crippen molar-refractivity contribution in [3.05, 3.63) is 0 Å². The largest absolute Gasteiger partial charge is 0.396 e. The Kier molecular flexibility index (Phi) is 10.9. The minimum Gasteiger partial charge on any atom is -0.396 e. The fourth-order valence-electron chi connectivity index (χ4n) is 1.77. The molecule has 0 spiro atoms. The summed E-state index contributed by atoms with van der Waals surface area (Å²) in [5.41, 5.74) is 0. The van der Waals surface area contributed by atoms with Crippen LogP contribution in [0.5, 0.6) is 0 Å². The maximum absolute atomic E-state index is 8.62. The molecule has 0 saturated carbocycles. The van der Waals surface area contributed by atoms with E-state index in [9.17, 15) is 0 Å². The van der Waals surface area contributed by atoms with Crippen molar-refractivity contribution < 1.29 is 5.11 Å². The fraction of sp³-hybridized carbons (Fsp3) is 1.00. The number of aliphatic hydroxyl groups is 1. The third-order valence-electron chi connectivity index (χ3n) is 2.54. The molecule has 86 valence electrons. The molecule has 0 radical (unpaired) electrons. The van der Waals surface area contributed by atoms with Gasteiger partial charge in [-0.3, -0.25) is 0 Å². The molecule has 2 N–H and O–H groups in total. The molecule has 0 unspecified atom stereocenters. The molecule has 2 nitrogen and oxygen atoms in total. The zero-order valence-corrected chi connectivity index (χ0v) is 9.89. The molecule has 2 heteroatoms. The number of nitrogens with one attached hydrogen (secondary N) is 1. The van der Waals surface area contributed by atoms with Crippen LogP contribution in [0.25, 0.3) is 0 Å². The van der Waals surface area contributed by atoms with Crippen molar-refractivity contribution in [3.63, 3.8) is 0 Å². The minimum absolute atomic E-state index is 0.341. The Bertz CT molecular complexity index is 100. The van der Waals surface area contributed by atoms with Crippen LogP contribution in [0.2, 0.25) is 0 Å². The first-order chi connectivity index (χ1) is 6.85. The fourth-order valence-corrected chi connectivity index (χ4v) is 1.77. The molecule has 0 bridgehead atoms. The summed E-state index contributed by atoms with van der Waals surface area (Å²) in [5.74, 6) is 0. The van der Waals surface area contributed by atoms with E-state index in [2.05, 4.69) is 19.2 Å². The van der Waals surface area contributed by atoms with Crippen LogP contribution < -0.4 is 5.32 Å². The summed E-state index contributed by atoms with van der Waals surface area (Å²) < 4.78 is 0. The molecule has 0 aromatic carbocycles. The lowest BCUT2D eigenvalue weighted by atomic mass is 10.1. The van der Waals surface area contributed by atoms with Crippen molar-refractivity contribution in [2.45, 2.75) is 64.8 Å². The van der Waals surface area contributed by atoms with E-state index in [0.29, 0.717) is 6.61 Å². The predicted octanol–water partition coefficient (Wildman–Crippen LogP) is 2.71. The van der Waals surface area contributed by atoms with Gasteiger partial charge in [-0.1, -0.05) is 26.7 Å². The van der Waals surface area contributed by atoms with Crippen LogP contribution in [-0.4, -0.2) is 24.3 Å². The SMILES string of the molecule is CCCC(CCC)NCCCCCO. The Morgan fingerprint density at radius 3 is 2.14 bits per heavy atom. The zero-order valence-electron chi connectivity index (χ0n) is 9.89. The molecular formula is C12H27NO. The quantitative estimate of drug-likeness (QED) is 0.533. The van der Waals surface area contributed by atoms with Crippen LogP contribution in [0, 0.1) is 0 Å². The van der Waals surface area contributed by atoms with Crippen molar-refractivity contribution in [1.82, 2.24) is 5.32 Å². The van der Waals surface area contributed by atoms with Gasteiger partial charge in [-0.2, -0.15) is 0 Å². The summed E-state index contributed by atoms with van der Waals surface area (Å²) >= 11 is 0. The first kappa shape index (κ1) is 13.9. The van der Waals surface area contributed by atoms with Crippen molar-refractivity contribution >= 4 is 0 Å². The van der Waals surface area contributed by atoms with Gasteiger partial charge in [0.2, 0.25) is 0 Å². The lowest BCUT2D eigenvalue weighted by Gasteiger charge is -2.16. The lowest BCUT2D eigenvalue weighted by molar-refractivity contribution is 0.282. The van der Waals surface area contributed by atoms with Crippen molar-refractivity contribution in [2.24, 2.45) is 0 Å². The second-order valence-electron chi connectivity index (χ2n) is 4.01. The average molecular weight is 201 g/mol. The highest BCUT2D eigenvalue weighted by Crippen LogP contribution is 2.04. The highest BCUT2D eigenvalue weighted by Gasteiger charge is 2.04. The smallest absolute Gasteiger partial charge is 0.0431 e. The molecule has 0 rings (SSSR count). The highest BCUT2D eigenvalue weighted by atomic mass is 16.2. The maximum Gasteiger partial charge on any atom is 0.0431 e. The summed E-state index contributed by atoms with van der Waals surface area (Å²) in [6, 6.07) is 0.721. The number of aliphatic hydroxyl groups excluding tert-OH is 1. The molecule has 0 aromatic heterocycles. The predicted molar refractivity (Wildman–Crippen MR) is 62.5 cm³/mol. The van der Waals surface area contributed by atoms with E-state index in [-0.39, 0.29) is 0 Å². The van der Waals surface area contributed by atoms with E-state index in [1.54, 1.807) is 0 Å². The molecule has 0 saturated heterocycles. The Labute approximate surface area is 89.1 Å². The molecule has 0 amide bonds. The summed E-state index contributed by atoms with van der Waals surface area (Å²) in [7, 11) is 0. The van der Waals surface area contributed by atoms with Crippen LogP contribution in [0.4, 0.5) is 0 Å². The first-order valence-electron chi connectivity index (χ1n) is 6.19. The molecule has 0 atom stereocenters. The summed E-state index contributed by atoms with van der Waals surface area (Å²) in [6.45, 7) is 5.95. The van der Waals surface area contributed by atoms with Gasteiger partial charge in [0.25, 0.3) is 0 Å². The van der Waals surface area contributed by atoms with Gasteiger partial charge in [0.1, 0.15) is 0 Å². The lowest BCUT2D eigenvalue weighted by Crippen LogP contribution is -2.29. The number of unbranched alkanes of at least 4 members (excludes halogenated alkanes) is 2. The Balaban J connectivity index is 3.30. The van der Waals surface area contributed by atoms with E-state index in [1.807, 2.05) is 0 Å². The molecule has 0 aromatic rings. The van der Waals surface area contributed by atoms with E-state index in [4.69, 9.17) is 5.11 Å². The van der Waals surface area contributed by atoms with Crippen LogP contribution >= 0.6 is 0 Å². The summed E-state index contributed by atoms with van der Waals surface area (Å²) in [4.78, 5) is 0. The molecule has 0 fully saturated rings. The molecular weight excluding hydrogens is 174 g/mol. The first-order valence-corrected chi connectivity index (χ1v) is 6.19. The Hall–Kier alpha value is -0.0800. The van der Waals surface area contributed by atoms with Crippen LogP contribution in [0.1, 0.15) is 58.8 Å². The Morgan fingerprint density at radius 1 is 1.00 bits per heavy atom. The second kappa shape index (κ2) is 11.0. The van der Waals surface area contributed by atoms with Crippen LogP contribution in [-0.2, 0) is 0 Å². The second-order valence-corrected chi connectivity index (χ2v) is 4.01. The average Bonchev–Trinajstić information content (AvgIpc) is 2.18. The van der Waals surface area contributed by atoms with Crippen molar-refractivity contribution in [2.75, 3.05) is 13.2 Å². The van der Waals surface area contributed by atoms with E-state index in [0.717, 1.165) is 25.4 Å². The number of hydrogen-bond donors (Lipinski definition) is 2. The van der Waals surface area contributed by atoms with Gasteiger partial charge in [-0.25, -0.2) is 0 Å². The van der Waals surface area contributed by atoms with E-state index >= 15 is 0 Å². The molecule has 0 aliphatic carbocycles. The topological polar surface area (TPSA) is 32.3 Å². The van der Waals surface area contributed by atoms with Gasteiger partial charge in [0, 0.05) is 12.6 Å². The maximum atomic E-state index is 8.62. The van der Waals surface area contributed by atoms with Crippen LogP contribution in [0.3, 0.4) is 0 Å². The minimum atomic E-state index is 0.341. The highest BCUT2D eigenvalue weighted by molar-refractivity contribution is 4.65. The molecule has 0 aliphatic rings. The number of hydrogen-bond acceptors (Lipinski definition) is 2. The van der Waals surface area contributed by atoms with Gasteiger partial charge in [0.15, 0.2) is 0 Å². The van der Waals surface area contributed by atoms with Crippen molar-refractivity contribution in [1.29, 1.82) is 0 Å². The van der Waals surface area contributed by atoms with Gasteiger partial charge < -0.3 is 10.4 Å².